The van der Waals surface area contributed by atoms with Gasteiger partial charge < -0.3 is 0 Å². The van der Waals surface area contributed by atoms with E-state index in [2.05, 4.69) is 4.99 Å². The molecule has 0 heterocycles. The molecule has 6 heteroatoms. The molecule has 39 valence electrons. The van der Waals surface area contributed by atoms with E-state index in [4.69, 9.17) is 15.4 Å². The third kappa shape index (κ3) is 9.39. The van der Waals surface area contributed by atoms with E-state index in [1.165, 1.54) is 0 Å². The molecule has 6 heavy (non-hydrogen) atoms. The topological polar surface area (TPSA) is 72.6 Å². The zero-order valence-electron chi connectivity index (χ0n) is 2.45. The Kier molecular flexibility index (Phi) is 7.14. The van der Waals surface area contributed by atoms with Crippen LogP contribution in [0, 0.1) is 10.1 Å². The second-order valence-corrected chi connectivity index (χ2v) is 0.305. The van der Waals surface area contributed by atoms with Gasteiger partial charge in [0.2, 0.25) is 0 Å². The molecule has 1 radical (unpaired) electrons. The monoisotopic (exact) mass is 138 g/mol. The van der Waals surface area contributed by atoms with Gasteiger partial charge in [-0.1, -0.05) is 0 Å². The molecule has 0 aliphatic rings. The quantitative estimate of drug-likeness (QED) is 0.305. The average molecular weight is 138 g/mol. The van der Waals surface area contributed by atoms with Crippen LogP contribution in [0.5, 0.6) is 0 Å². The van der Waals surface area contributed by atoms with E-state index in [9.17, 15) is 0 Å². The molecule has 0 atom stereocenters. The minimum atomic E-state index is -1.32. The van der Waals surface area contributed by atoms with Crippen LogP contribution in [-0.4, -0.2) is 10.3 Å². The van der Waals surface area contributed by atoms with Crippen LogP contribution in [0.2, 0.25) is 0 Å². The van der Waals surface area contributed by atoms with Crippen LogP contribution in [0.25, 0.3) is 0 Å². The maximum absolute atomic E-state index is 8.70. The maximum Gasteiger partial charge on any atom is 0.322 e. The summed E-state index contributed by atoms with van der Waals surface area (Å²) in [6.07, 6.45) is 0. The van der Waals surface area contributed by atoms with Crippen molar-refractivity contribution in [2.24, 2.45) is 0 Å². The molecule has 0 aromatic carbocycles. The van der Waals surface area contributed by atoms with Gasteiger partial charge in [0.05, 0.1) is 0 Å². The van der Waals surface area contributed by atoms with Crippen LogP contribution in [0.4, 0.5) is 0 Å². The summed E-state index contributed by atoms with van der Waals surface area (Å²) in [5.41, 5.74) is 0. The SMILES string of the molecule is O=[N+]([O-])OO.[Co]. The molecule has 0 aromatic heterocycles. The summed E-state index contributed by atoms with van der Waals surface area (Å²) in [6.45, 7) is 0. The Morgan fingerprint density at radius 2 is 2.00 bits per heavy atom. The zero-order valence-corrected chi connectivity index (χ0v) is 3.49. The van der Waals surface area contributed by atoms with Gasteiger partial charge in [0, 0.05) is 16.8 Å². The van der Waals surface area contributed by atoms with Gasteiger partial charge in [-0.15, -0.1) is 15.1 Å². The van der Waals surface area contributed by atoms with Crippen LogP contribution >= 0.6 is 0 Å². The van der Waals surface area contributed by atoms with Crippen molar-refractivity contribution in [1.29, 1.82) is 0 Å². The normalized spacial score (nSPS) is 5.50. The Bertz CT molecular complexity index is 42.8. The minimum Gasteiger partial charge on any atom is -0.214 e. The zero-order chi connectivity index (χ0) is 4.28. The molecule has 0 bridgehead atoms. The number of hydrogen-bond donors (Lipinski definition) is 1. The van der Waals surface area contributed by atoms with E-state index >= 15 is 0 Å². The van der Waals surface area contributed by atoms with Gasteiger partial charge in [-0.25, -0.2) is 5.26 Å². The van der Waals surface area contributed by atoms with Crippen LogP contribution in [0.1, 0.15) is 0 Å². The molecule has 0 aliphatic carbocycles. The fourth-order valence-corrected chi connectivity index (χ4v) is 0. The molecule has 0 saturated carbocycles. The Labute approximate surface area is 43.1 Å². The number of hydrogen-bond acceptors (Lipinski definition) is 4. The van der Waals surface area contributed by atoms with E-state index in [1.54, 1.807) is 0 Å². The molecule has 5 nitrogen and oxygen atoms in total. The molecule has 0 rings (SSSR count). The van der Waals surface area contributed by atoms with E-state index in [-0.39, 0.29) is 16.8 Å². The first-order chi connectivity index (χ1) is 2.27. The molecular weight excluding hydrogens is 137 g/mol. The molecule has 1 N–H and O–H groups in total. The van der Waals surface area contributed by atoms with Gasteiger partial charge in [-0.05, 0) is 0 Å². The van der Waals surface area contributed by atoms with E-state index in [0.717, 1.165) is 0 Å². The van der Waals surface area contributed by atoms with Gasteiger partial charge in [0.15, 0.2) is 0 Å². The molecule has 0 saturated heterocycles. The van der Waals surface area contributed by atoms with E-state index in [1.807, 2.05) is 0 Å². The predicted octanol–water partition coefficient (Wildman–Crippen LogP) is -0.335. The Hall–Kier alpha value is -0.334. The molecule has 0 fully saturated rings. The van der Waals surface area contributed by atoms with E-state index in [0.29, 0.717) is 0 Å². The summed E-state index contributed by atoms with van der Waals surface area (Å²) >= 11 is 0. The van der Waals surface area contributed by atoms with Crippen molar-refractivity contribution in [3.8, 4) is 0 Å². The summed E-state index contributed by atoms with van der Waals surface area (Å²) in [6, 6.07) is 0. The third-order valence-electron chi connectivity index (χ3n) is 0.0667. The standard InChI is InChI=1S/Co.HNO4/c;2-1(3)5-4/h;4H. The Morgan fingerprint density at radius 1 is 1.83 bits per heavy atom. The Balaban J connectivity index is 0. The summed E-state index contributed by atoms with van der Waals surface area (Å²) in [5, 5.41) is 14.3. The number of nitrogens with zero attached hydrogens (tertiary/aromatic N) is 1. The number of rotatable bonds is 1. The smallest absolute Gasteiger partial charge is 0.214 e. The first-order valence-electron chi connectivity index (χ1n) is 0.730. The average Bonchev–Trinajstić information content (AvgIpc) is 1.38. The molecular formula is HCoNO4. The summed E-state index contributed by atoms with van der Waals surface area (Å²) < 4.78 is 0. The van der Waals surface area contributed by atoms with Crippen molar-refractivity contribution >= 4 is 0 Å². The second kappa shape index (κ2) is 4.67. The van der Waals surface area contributed by atoms with Gasteiger partial charge >= 0.3 is 5.09 Å². The third-order valence-corrected chi connectivity index (χ3v) is 0.0667. The summed E-state index contributed by atoms with van der Waals surface area (Å²) in [4.78, 5) is 11.2. The van der Waals surface area contributed by atoms with Crippen LogP contribution in [0.15, 0.2) is 0 Å². The van der Waals surface area contributed by atoms with Crippen LogP contribution < -0.4 is 0 Å². The molecule has 0 unspecified atom stereocenters. The van der Waals surface area contributed by atoms with Gasteiger partial charge in [-0.2, -0.15) is 0 Å². The summed E-state index contributed by atoms with van der Waals surface area (Å²) in [7, 11) is 0. The fraction of sp³-hybridized carbons (Fsp3) is 0. The molecule has 0 spiro atoms. The van der Waals surface area contributed by atoms with Crippen molar-refractivity contribution in [2.75, 3.05) is 0 Å². The maximum atomic E-state index is 8.70. The molecule has 0 aliphatic heterocycles. The van der Waals surface area contributed by atoms with E-state index < -0.39 is 5.09 Å². The van der Waals surface area contributed by atoms with Crippen molar-refractivity contribution in [2.45, 2.75) is 0 Å². The first-order valence-corrected chi connectivity index (χ1v) is 0.730. The van der Waals surface area contributed by atoms with Crippen molar-refractivity contribution in [3.05, 3.63) is 10.1 Å². The minimum absolute atomic E-state index is 0. The predicted molar refractivity (Wildman–Crippen MR) is 10.7 cm³/mol. The van der Waals surface area contributed by atoms with Crippen molar-refractivity contribution in [3.63, 3.8) is 0 Å². The first kappa shape index (κ1) is 9.18. The Morgan fingerprint density at radius 3 is 2.00 bits per heavy atom. The van der Waals surface area contributed by atoms with Crippen LogP contribution in [0.3, 0.4) is 0 Å². The fourth-order valence-electron chi connectivity index (χ4n) is 0. The van der Waals surface area contributed by atoms with Crippen molar-refractivity contribution < 1.29 is 32.1 Å². The second-order valence-electron chi connectivity index (χ2n) is 0.305. The largest absolute Gasteiger partial charge is 0.322 e. The van der Waals surface area contributed by atoms with Crippen molar-refractivity contribution in [1.82, 2.24) is 0 Å². The molecule has 0 amide bonds. The summed E-state index contributed by atoms with van der Waals surface area (Å²) in [5.74, 6) is 0. The van der Waals surface area contributed by atoms with Gasteiger partial charge in [0.25, 0.3) is 0 Å². The van der Waals surface area contributed by atoms with Crippen LogP contribution in [-0.2, 0) is 21.8 Å². The molecule has 0 aromatic rings. The van der Waals surface area contributed by atoms with Gasteiger partial charge in [-0.3, -0.25) is 0 Å². The van der Waals surface area contributed by atoms with Gasteiger partial charge in [0.1, 0.15) is 0 Å².